The molecule has 5 nitrogen and oxygen atoms in total. The van der Waals surface area contributed by atoms with Gasteiger partial charge < -0.3 is 24.8 Å². The normalized spacial score (nSPS) is 38.3. The van der Waals surface area contributed by atoms with E-state index in [0.717, 1.165) is 25.0 Å². The van der Waals surface area contributed by atoms with Crippen molar-refractivity contribution in [1.82, 2.24) is 0 Å². The molecule has 0 aromatic carbocycles. The van der Waals surface area contributed by atoms with Crippen LogP contribution in [-0.2, 0) is 9.47 Å². The lowest BCUT2D eigenvalue weighted by Crippen LogP contribution is -2.57. The number of unbranched alkanes of at least 4 members (excludes halogenated alkanes) is 2. The molecule has 3 N–H and O–H groups in total. The van der Waals surface area contributed by atoms with E-state index in [1.807, 2.05) is 0 Å². The van der Waals surface area contributed by atoms with Crippen LogP contribution < -0.4 is 0 Å². The average molecular weight is 266 g/mol. The Morgan fingerprint density at radius 2 is 1.76 bits per heavy atom. The first-order valence-corrected chi connectivity index (χ1v) is 6.63. The predicted molar refractivity (Wildman–Crippen MR) is 66.0 cm³/mol. The molecular formula is C11H22O5S. The number of ether oxygens (including phenoxy) is 2. The second kappa shape index (κ2) is 7.56. The van der Waals surface area contributed by atoms with Gasteiger partial charge in [-0.3, -0.25) is 0 Å². The minimum atomic E-state index is -1.22. The smallest absolute Gasteiger partial charge is 0.186 e. The van der Waals surface area contributed by atoms with Crippen LogP contribution in [0.4, 0.5) is 0 Å². The molecule has 102 valence electrons. The van der Waals surface area contributed by atoms with Crippen LogP contribution in [0.1, 0.15) is 26.2 Å². The van der Waals surface area contributed by atoms with Crippen molar-refractivity contribution in [2.75, 3.05) is 12.4 Å². The highest BCUT2D eigenvalue weighted by Crippen LogP contribution is 2.21. The van der Waals surface area contributed by atoms with Crippen molar-refractivity contribution in [2.45, 2.75) is 56.9 Å². The van der Waals surface area contributed by atoms with Gasteiger partial charge in [0, 0.05) is 6.61 Å². The fourth-order valence-corrected chi connectivity index (χ4v) is 1.96. The fraction of sp³-hybridized carbons (Fsp3) is 1.00. The van der Waals surface area contributed by atoms with E-state index in [1.165, 1.54) is 0 Å². The Morgan fingerprint density at radius 3 is 2.41 bits per heavy atom. The maximum atomic E-state index is 9.66. The van der Waals surface area contributed by atoms with E-state index < -0.39 is 30.7 Å². The minimum Gasteiger partial charge on any atom is -0.388 e. The highest BCUT2D eigenvalue weighted by molar-refractivity contribution is 7.80. The van der Waals surface area contributed by atoms with E-state index in [2.05, 4.69) is 12.6 Å². The third-order valence-corrected chi connectivity index (χ3v) is 3.21. The predicted octanol–water partition coefficient (Wildman–Crippen LogP) is -0.0694. The van der Waals surface area contributed by atoms with Crippen molar-refractivity contribution in [3.05, 3.63) is 0 Å². The molecule has 6 heteroatoms. The van der Waals surface area contributed by atoms with Gasteiger partial charge >= 0.3 is 0 Å². The molecule has 5 atom stereocenters. The number of thiol groups is 1. The summed E-state index contributed by atoms with van der Waals surface area (Å²) < 4.78 is 10.7. The fourth-order valence-electron chi connectivity index (χ4n) is 1.74. The van der Waals surface area contributed by atoms with Crippen LogP contribution in [-0.4, -0.2) is 58.4 Å². The van der Waals surface area contributed by atoms with Gasteiger partial charge in [0.25, 0.3) is 0 Å². The molecule has 1 saturated heterocycles. The average Bonchev–Trinajstić information content (AvgIpc) is 2.32. The molecule has 0 saturated carbocycles. The standard InChI is InChI=1S/C11H22O5S/c1-7-8(12)9(13)10(14)11(16-7)15-5-3-2-4-6-17/h7-14,17H,2-6H2,1H3/t7?,8-,9+,10?,11+/m1/s1. The largest absolute Gasteiger partial charge is 0.388 e. The summed E-state index contributed by atoms with van der Waals surface area (Å²) in [7, 11) is 0. The Hall–Kier alpha value is 0.150. The highest BCUT2D eigenvalue weighted by Gasteiger charge is 2.42. The molecule has 1 fully saturated rings. The monoisotopic (exact) mass is 266 g/mol. The molecule has 17 heavy (non-hydrogen) atoms. The third kappa shape index (κ3) is 4.39. The molecule has 1 heterocycles. The Bertz CT molecular complexity index is 216. The van der Waals surface area contributed by atoms with Gasteiger partial charge in [-0.1, -0.05) is 6.42 Å². The highest BCUT2D eigenvalue weighted by atomic mass is 32.1. The maximum absolute atomic E-state index is 9.66. The number of rotatable bonds is 6. The molecule has 2 unspecified atom stereocenters. The van der Waals surface area contributed by atoms with Crippen molar-refractivity contribution >= 4 is 12.6 Å². The SMILES string of the molecule is CC1O[C@H](OCCCCCS)C(O)[C@@H](O)[C@@H]1O. The van der Waals surface area contributed by atoms with Crippen LogP contribution in [0.25, 0.3) is 0 Å². The summed E-state index contributed by atoms with van der Waals surface area (Å²) in [5.74, 6) is 0.852. The minimum absolute atomic E-state index is 0.463. The molecule has 0 aromatic rings. The van der Waals surface area contributed by atoms with Gasteiger partial charge in [0.2, 0.25) is 0 Å². The molecule has 0 bridgehead atoms. The van der Waals surface area contributed by atoms with Crippen molar-refractivity contribution in [2.24, 2.45) is 0 Å². The first-order chi connectivity index (χ1) is 8.07. The molecule has 0 radical (unpaired) electrons. The Kier molecular flexibility index (Phi) is 6.76. The number of aliphatic hydroxyl groups is 3. The summed E-state index contributed by atoms with van der Waals surface area (Å²) in [6, 6.07) is 0. The number of hydrogen-bond acceptors (Lipinski definition) is 6. The zero-order valence-electron chi connectivity index (χ0n) is 10.0. The molecule has 1 aliphatic heterocycles. The molecular weight excluding hydrogens is 244 g/mol. The van der Waals surface area contributed by atoms with Crippen LogP contribution in [0.5, 0.6) is 0 Å². The molecule has 1 aliphatic rings. The lowest BCUT2D eigenvalue weighted by Gasteiger charge is -2.38. The van der Waals surface area contributed by atoms with E-state index in [4.69, 9.17) is 9.47 Å². The van der Waals surface area contributed by atoms with Gasteiger partial charge in [-0.25, -0.2) is 0 Å². The van der Waals surface area contributed by atoms with Crippen molar-refractivity contribution in [1.29, 1.82) is 0 Å². The van der Waals surface area contributed by atoms with Crippen molar-refractivity contribution in [3.8, 4) is 0 Å². The summed E-state index contributed by atoms with van der Waals surface area (Å²) in [5.41, 5.74) is 0. The Labute approximate surface area is 107 Å². The summed E-state index contributed by atoms with van der Waals surface area (Å²) in [6.07, 6.45) is -2.01. The van der Waals surface area contributed by atoms with Gasteiger partial charge in [-0.05, 0) is 25.5 Å². The Balaban J connectivity index is 2.28. The number of hydrogen-bond donors (Lipinski definition) is 4. The Morgan fingerprint density at radius 1 is 1.06 bits per heavy atom. The zero-order valence-corrected chi connectivity index (χ0v) is 10.9. The zero-order chi connectivity index (χ0) is 12.8. The second-order valence-electron chi connectivity index (χ2n) is 4.34. The first-order valence-electron chi connectivity index (χ1n) is 6.00. The van der Waals surface area contributed by atoms with Gasteiger partial charge in [0.05, 0.1) is 6.10 Å². The topological polar surface area (TPSA) is 79.2 Å². The summed E-state index contributed by atoms with van der Waals surface area (Å²) in [5, 5.41) is 28.7. The second-order valence-corrected chi connectivity index (χ2v) is 4.78. The van der Waals surface area contributed by atoms with E-state index in [9.17, 15) is 15.3 Å². The summed E-state index contributed by atoms with van der Waals surface area (Å²) in [4.78, 5) is 0. The molecule has 1 rings (SSSR count). The third-order valence-electron chi connectivity index (χ3n) is 2.89. The summed E-state index contributed by atoms with van der Waals surface area (Å²) in [6.45, 7) is 2.10. The van der Waals surface area contributed by atoms with Gasteiger partial charge in [-0.15, -0.1) is 0 Å². The van der Waals surface area contributed by atoms with Crippen molar-refractivity contribution < 1.29 is 24.8 Å². The maximum Gasteiger partial charge on any atom is 0.186 e. The first kappa shape index (κ1) is 15.2. The van der Waals surface area contributed by atoms with Crippen LogP contribution in [0, 0.1) is 0 Å². The van der Waals surface area contributed by atoms with E-state index >= 15 is 0 Å². The van der Waals surface area contributed by atoms with Crippen molar-refractivity contribution in [3.63, 3.8) is 0 Å². The molecule has 0 aliphatic carbocycles. The van der Waals surface area contributed by atoms with Crippen LogP contribution in [0.2, 0.25) is 0 Å². The lowest BCUT2D eigenvalue weighted by molar-refractivity contribution is -0.293. The van der Waals surface area contributed by atoms with Crippen LogP contribution in [0.3, 0.4) is 0 Å². The molecule has 0 amide bonds. The van der Waals surface area contributed by atoms with Crippen LogP contribution >= 0.6 is 12.6 Å². The molecule has 0 spiro atoms. The van der Waals surface area contributed by atoms with Gasteiger partial charge in [-0.2, -0.15) is 12.6 Å². The van der Waals surface area contributed by atoms with E-state index in [-0.39, 0.29) is 0 Å². The quantitative estimate of drug-likeness (QED) is 0.400. The lowest BCUT2D eigenvalue weighted by atomic mass is 10.0. The molecule has 0 aromatic heterocycles. The van der Waals surface area contributed by atoms with Gasteiger partial charge in [0.1, 0.15) is 18.3 Å². The van der Waals surface area contributed by atoms with E-state index in [0.29, 0.717) is 6.61 Å². The van der Waals surface area contributed by atoms with E-state index in [1.54, 1.807) is 6.92 Å². The summed E-state index contributed by atoms with van der Waals surface area (Å²) >= 11 is 4.11. The number of aliphatic hydroxyl groups excluding tert-OH is 3. The van der Waals surface area contributed by atoms with Crippen LogP contribution in [0.15, 0.2) is 0 Å². The van der Waals surface area contributed by atoms with Gasteiger partial charge in [0.15, 0.2) is 6.29 Å².